The molecule has 0 aliphatic heterocycles. The Hall–Kier alpha value is -2.41. The lowest BCUT2D eigenvalue weighted by molar-refractivity contribution is 0.103. The molecule has 0 radical (unpaired) electrons. The molecule has 0 bridgehead atoms. The maximum atomic E-state index is 13.2. The molecule has 2 aromatic rings. The molecule has 0 N–H and O–H groups in total. The van der Waals surface area contributed by atoms with E-state index in [1.54, 1.807) is 46.9 Å². The zero-order valence-corrected chi connectivity index (χ0v) is 16.8. The Labute approximate surface area is 154 Å². The zero-order valence-electron chi connectivity index (χ0n) is 16.0. The molecule has 1 heterocycles. The Morgan fingerprint density at radius 3 is 2.42 bits per heavy atom. The molecule has 140 valence electrons. The van der Waals surface area contributed by atoms with Crippen LogP contribution in [0.4, 0.5) is 0 Å². The molecule has 1 aromatic carbocycles. The number of carbonyl (C=O) groups is 1. The number of benzene rings is 1. The van der Waals surface area contributed by atoms with Gasteiger partial charge in [0.1, 0.15) is 12.2 Å². The van der Waals surface area contributed by atoms with Crippen molar-refractivity contribution in [2.24, 2.45) is 7.05 Å². The van der Waals surface area contributed by atoms with E-state index in [0.29, 0.717) is 39.4 Å². The van der Waals surface area contributed by atoms with Crippen molar-refractivity contribution < 1.29 is 17.9 Å². The molecule has 0 spiro atoms. The van der Waals surface area contributed by atoms with Crippen LogP contribution in [-0.2, 0) is 16.9 Å². The summed E-state index contributed by atoms with van der Waals surface area (Å²) >= 11 is 0. The van der Waals surface area contributed by atoms with E-state index in [9.17, 15) is 13.2 Å². The molecule has 0 fully saturated rings. The van der Waals surface area contributed by atoms with Gasteiger partial charge in [-0.15, -0.1) is 0 Å². The number of carbonyl (C=O) groups excluding carboxylic acids is 1. The summed E-state index contributed by atoms with van der Waals surface area (Å²) in [5, 5.41) is 4.28. The number of ketones is 1. The van der Waals surface area contributed by atoms with Crippen molar-refractivity contribution in [3.8, 4) is 5.88 Å². The summed E-state index contributed by atoms with van der Waals surface area (Å²) in [7, 11) is -1.67. The van der Waals surface area contributed by atoms with Gasteiger partial charge in [-0.25, -0.2) is 13.1 Å². The van der Waals surface area contributed by atoms with Crippen molar-refractivity contribution in [2.75, 3.05) is 12.9 Å². The minimum Gasteiger partial charge on any atom is -0.473 e. The van der Waals surface area contributed by atoms with Gasteiger partial charge in [0.05, 0.1) is 10.6 Å². The van der Waals surface area contributed by atoms with E-state index in [4.69, 9.17) is 4.74 Å². The number of rotatable bonds is 6. The van der Waals surface area contributed by atoms with E-state index >= 15 is 0 Å². The number of ether oxygens (including phenoxy) is 1. The first-order chi connectivity index (χ1) is 12.0. The van der Waals surface area contributed by atoms with Crippen LogP contribution in [-0.4, -0.2) is 36.8 Å². The largest absolute Gasteiger partial charge is 0.473 e. The molecule has 26 heavy (non-hydrogen) atoms. The minimum atomic E-state index is -3.38. The van der Waals surface area contributed by atoms with Crippen LogP contribution in [0.3, 0.4) is 0 Å². The number of nitrogens with zero attached hydrogens (tertiary/aromatic N) is 2. The smallest absolute Gasteiger partial charge is 0.223 e. The van der Waals surface area contributed by atoms with E-state index in [1.807, 2.05) is 0 Å². The third kappa shape index (κ3) is 3.44. The molecule has 0 unspecified atom stereocenters. The van der Waals surface area contributed by atoms with E-state index in [-0.39, 0.29) is 17.3 Å². The van der Waals surface area contributed by atoms with E-state index in [1.165, 1.54) is 10.9 Å². The second kappa shape index (κ2) is 7.07. The van der Waals surface area contributed by atoms with E-state index in [2.05, 4.69) is 11.7 Å². The van der Waals surface area contributed by atoms with Gasteiger partial charge in [-0.1, -0.05) is 12.7 Å². The minimum absolute atomic E-state index is 0.238. The maximum absolute atomic E-state index is 13.2. The summed E-state index contributed by atoms with van der Waals surface area (Å²) in [6, 6.07) is 1.63. The van der Waals surface area contributed by atoms with Gasteiger partial charge in [-0.05, 0) is 50.5 Å². The van der Waals surface area contributed by atoms with Crippen molar-refractivity contribution >= 4 is 15.6 Å². The second-order valence-corrected chi connectivity index (χ2v) is 8.36. The lowest BCUT2D eigenvalue weighted by Gasteiger charge is -2.15. The van der Waals surface area contributed by atoms with Gasteiger partial charge >= 0.3 is 0 Å². The molecular weight excluding hydrogens is 352 g/mol. The quantitative estimate of drug-likeness (QED) is 0.572. The number of aromatic nitrogens is 2. The topological polar surface area (TPSA) is 78.3 Å². The summed E-state index contributed by atoms with van der Waals surface area (Å²) in [5.74, 6) is 0.132. The Morgan fingerprint density at radius 2 is 1.88 bits per heavy atom. The van der Waals surface area contributed by atoms with Crippen LogP contribution in [0.2, 0.25) is 0 Å². The third-order valence-corrected chi connectivity index (χ3v) is 5.75. The first kappa shape index (κ1) is 19.9. The summed E-state index contributed by atoms with van der Waals surface area (Å²) in [4.78, 5) is 13.5. The SMILES string of the molecule is C=CCOc1c(C(=O)c2cc(C)c(S(C)(=O)=O)c(C)c2C)c(C)nn1C. The fraction of sp³-hybridized carbons (Fsp3) is 0.368. The van der Waals surface area contributed by atoms with Crippen LogP contribution in [0.1, 0.15) is 38.3 Å². The standard InChI is InChI=1S/C19H24N2O4S/c1-8-9-25-19-16(14(5)20-21(19)6)17(22)15-10-11(2)18(26(7,23)24)13(4)12(15)3/h8,10H,1,9H2,2-7H3. The monoisotopic (exact) mass is 376 g/mol. The first-order valence-electron chi connectivity index (χ1n) is 8.13. The van der Waals surface area contributed by atoms with E-state index in [0.717, 1.165) is 0 Å². The average Bonchev–Trinajstić information content (AvgIpc) is 2.80. The van der Waals surface area contributed by atoms with Gasteiger partial charge in [-0.2, -0.15) is 5.10 Å². The highest BCUT2D eigenvalue weighted by Gasteiger charge is 2.27. The zero-order chi connectivity index (χ0) is 19.8. The Kier molecular flexibility index (Phi) is 5.41. The fourth-order valence-electron chi connectivity index (χ4n) is 3.20. The van der Waals surface area contributed by atoms with Crippen molar-refractivity contribution in [3.05, 3.63) is 52.2 Å². The molecule has 1 aromatic heterocycles. The molecule has 0 aliphatic rings. The summed E-state index contributed by atoms with van der Waals surface area (Å²) < 4.78 is 31.3. The van der Waals surface area contributed by atoms with Crippen LogP contribution >= 0.6 is 0 Å². The average molecular weight is 376 g/mol. The van der Waals surface area contributed by atoms with Crippen molar-refractivity contribution in [1.82, 2.24) is 9.78 Å². The predicted molar refractivity (Wildman–Crippen MR) is 101 cm³/mol. The molecule has 6 nitrogen and oxygen atoms in total. The van der Waals surface area contributed by atoms with Gasteiger partial charge < -0.3 is 4.74 Å². The van der Waals surface area contributed by atoms with Gasteiger partial charge in [0.2, 0.25) is 11.7 Å². The predicted octanol–water partition coefficient (Wildman–Crippen LogP) is 2.85. The number of hydrogen-bond donors (Lipinski definition) is 0. The molecule has 7 heteroatoms. The van der Waals surface area contributed by atoms with Crippen molar-refractivity contribution in [2.45, 2.75) is 32.6 Å². The van der Waals surface area contributed by atoms with Crippen molar-refractivity contribution in [3.63, 3.8) is 0 Å². The number of hydrogen-bond acceptors (Lipinski definition) is 5. The van der Waals surface area contributed by atoms with Crippen LogP contribution < -0.4 is 4.74 Å². The molecule has 2 rings (SSSR count). The molecule has 0 atom stereocenters. The Balaban J connectivity index is 2.68. The van der Waals surface area contributed by atoms with Gasteiger partial charge in [-0.3, -0.25) is 4.79 Å². The lowest BCUT2D eigenvalue weighted by atomic mass is 9.94. The third-order valence-electron chi connectivity index (χ3n) is 4.38. The van der Waals surface area contributed by atoms with Crippen LogP contribution in [0, 0.1) is 27.7 Å². The highest BCUT2D eigenvalue weighted by molar-refractivity contribution is 7.90. The number of aryl methyl sites for hydroxylation is 3. The molecular formula is C19H24N2O4S. The summed E-state index contributed by atoms with van der Waals surface area (Å²) in [6.07, 6.45) is 2.77. The Bertz CT molecular complexity index is 1000. The van der Waals surface area contributed by atoms with Crippen LogP contribution in [0.5, 0.6) is 5.88 Å². The van der Waals surface area contributed by atoms with Crippen molar-refractivity contribution in [1.29, 1.82) is 0 Å². The second-order valence-electron chi connectivity index (χ2n) is 6.41. The first-order valence-corrected chi connectivity index (χ1v) is 10.0. The highest BCUT2D eigenvalue weighted by Crippen LogP contribution is 2.31. The normalized spacial score (nSPS) is 11.5. The van der Waals surface area contributed by atoms with E-state index < -0.39 is 9.84 Å². The molecule has 0 aliphatic carbocycles. The number of sulfone groups is 1. The molecule has 0 saturated heterocycles. The highest BCUT2D eigenvalue weighted by atomic mass is 32.2. The van der Waals surface area contributed by atoms with Crippen LogP contribution in [0.25, 0.3) is 0 Å². The molecule has 0 saturated carbocycles. The van der Waals surface area contributed by atoms with Crippen LogP contribution in [0.15, 0.2) is 23.6 Å². The summed E-state index contributed by atoms with van der Waals surface area (Å²) in [6.45, 7) is 10.8. The lowest BCUT2D eigenvalue weighted by Crippen LogP contribution is -2.12. The maximum Gasteiger partial charge on any atom is 0.223 e. The Morgan fingerprint density at radius 1 is 1.27 bits per heavy atom. The molecule has 0 amide bonds. The van der Waals surface area contributed by atoms with Gasteiger partial charge in [0.25, 0.3) is 0 Å². The van der Waals surface area contributed by atoms with Gasteiger partial charge in [0.15, 0.2) is 9.84 Å². The summed E-state index contributed by atoms with van der Waals surface area (Å²) in [5.41, 5.74) is 3.16. The van der Waals surface area contributed by atoms with Gasteiger partial charge in [0, 0.05) is 18.9 Å². The fourth-order valence-corrected chi connectivity index (χ4v) is 4.55.